The number of carboxylic acids is 1. The molecule has 0 radical (unpaired) electrons. The van der Waals surface area contributed by atoms with Crippen molar-refractivity contribution in [3.8, 4) is 0 Å². The van der Waals surface area contributed by atoms with E-state index in [4.69, 9.17) is 4.74 Å². The highest BCUT2D eigenvalue weighted by Crippen LogP contribution is 2.44. The smallest absolute Gasteiger partial charge is 0.410 e. The van der Waals surface area contributed by atoms with Crippen molar-refractivity contribution in [2.45, 2.75) is 58.5 Å². The van der Waals surface area contributed by atoms with Crippen LogP contribution < -0.4 is 10.5 Å². The van der Waals surface area contributed by atoms with Crippen molar-refractivity contribution in [3.63, 3.8) is 0 Å². The molecular formula is C28H37FN4O5. The van der Waals surface area contributed by atoms with Crippen molar-refractivity contribution in [1.29, 1.82) is 0 Å². The number of carbonyl (C=O) groups is 2. The molecule has 206 valence electrons. The first kappa shape index (κ1) is 26.5. The highest BCUT2D eigenvalue weighted by atomic mass is 19.1. The molecule has 10 heteroatoms. The van der Waals surface area contributed by atoms with Crippen LogP contribution in [0, 0.1) is 18.7 Å². The number of aryl methyl sites for hydroxylation is 1. The van der Waals surface area contributed by atoms with Gasteiger partial charge in [-0.1, -0.05) is 0 Å². The fraction of sp³-hybridized carbons (Fsp3) is 0.607. The molecule has 2 aromatic heterocycles. The third-order valence-electron chi connectivity index (χ3n) is 7.83. The van der Waals surface area contributed by atoms with Crippen LogP contribution in [0.5, 0.6) is 0 Å². The topological polar surface area (TPSA) is 94.8 Å². The predicted octanol–water partition coefficient (Wildman–Crippen LogP) is 3.70. The summed E-state index contributed by atoms with van der Waals surface area (Å²) in [6, 6.07) is 1.50. The Bertz CT molecular complexity index is 1320. The number of pyridine rings is 2. The number of hydrogen-bond acceptors (Lipinski definition) is 6. The fourth-order valence-corrected chi connectivity index (χ4v) is 5.88. The Morgan fingerprint density at radius 3 is 2.39 bits per heavy atom. The summed E-state index contributed by atoms with van der Waals surface area (Å²) in [5.41, 5.74) is 1.13. The maximum Gasteiger partial charge on any atom is 0.410 e. The standard InChI is InChI=1S/C28H37FN4O5/c1-17-23-20(19-5-6-19)13-21(26(35)36)25(34)33(23)16-22(29)24(17)32-8-7-18(15-32)14-30-9-11-31(12-10-30)27(37)38-28(2,3)4/h13,16,18-19H,5-12,14-15H2,1-4H3,(H,35,36). The van der Waals surface area contributed by atoms with Gasteiger partial charge in [-0.3, -0.25) is 14.1 Å². The predicted molar refractivity (Wildman–Crippen MR) is 142 cm³/mol. The molecule has 3 aliphatic rings. The van der Waals surface area contributed by atoms with Crippen molar-refractivity contribution in [2.75, 3.05) is 50.7 Å². The third-order valence-corrected chi connectivity index (χ3v) is 7.83. The highest BCUT2D eigenvalue weighted by molar-refractivity contribution is 5.89. The van der Waals surface area contributed by atoms with E-state index in [2.05, 4.69) is 9.80 Å². The van der Waals surface area contributed by atoms with Gasteiger partial charge in [0.1, 0.15) is 11.2 Å². The first-order valence-corrected chi connectivity index (χ1v) is 13.5. The van der Waals surface area contributed by atoms with E-state index < -0.39 is 22.9 Å². The Morgan fingerprint density at radius 1 is 1.11 bits per heavy atom. The van der Waals surface area contributed by atoms with Crippen LogP contribution in [0.4, 0.5) is 14.9 Å². The summed E-state index contributed by atoms with van der Waals surface area (Å²) in [4.78, 5) is 43.1. The van der Waals surface area contributed by atoms with Gasteiger partial charge in [0.15, 0.2) is 5.82 Å². The summed E-state index contributed by atoms with van der Waals surface area (Å²) < 4.78 is 22.2. The van der Waals surface area contributed by atoms with Crippen molar-refractivity contribution in [1.82, 2.24) is 14.2 Å². The number of aromatic carboxylic acids is 1. The van der Waals surface area contributed by atoms with E-state index in [0.717, 1.165) is 44.5 Å². The normalized spacial score (nSPS) is 20.8. The second kappa shape index (κ2) is 9.87. The molecule has 3 fully saturated rings. The SMILES string of the molecule is Cc1c(N2CCC(CN3CCN(C(=O)OC(C)(C)C)CC3)C2)c(F)cn2c(=O)c(C(=O)O)cc(C3CC3)c12. The molecule has 0 bridgehead atoms. The molecule has 1 saturated carbocycles. The highest BCUT2D eigenvalue weighted by Gasteiger charge is 2.33. The molecule has 1 unspecified atom stereocenters. The summed E-state index contributed by atoms with van der Waals surface area (Å²) in [5.74, 6) is -1.24. The number of anilines is 1. The molecule has 1 amide bonds. The minimum atomic E-state index is -1.29. The van der Waals surface area contributed by atoms with Gasteiger partial charge in [0.2, 0.25) is 0 Å². The number of ether oxygens (including phenoxy) is 1. The second-order valence-electron chi connectivity index (χ2n) is 11.9. The number of piperazine rings is 1. The van der Waals surface area contributed by atoms with Crippen LogP contribution >= 0.6 is 0 Å². The van der Waals surface area contributed by atoms with Crippen LogP contribution in [0.1, 0.15) is 67.4 Å². The van der Waals surface area contributed by atoms with Crippen LogP contribution in [-0.2, 0) is 4.74 Å². The summed E-state index contributed by atoms with van der Waals surface area (Å²) in [6.07, 6.45) is 3.70. The van der Waals surface area contributed by atoms with Gasteiger partial charge in [0.05, 0.1) is 17.4 Å². The van der Waals surface area contributed by atoms with Gasteiger partial charge < -0.3 is 19.6 Å². The van der Waals surface area contributed by atoms with Crippen LogP contribution in [-0.4, -0.2) is 82.8 Å². The molecule has 1 aliphatic carbocycles. The zero-order valence-electron chi connectivity index (χ0n) is 22.6. The lowest BCUT2D eigenvalue weighted by Gasteiger charge is -2.36. The lowest BCUT2D eigenvalue weighted by atomic mass is 10.0. The number of hydrogen-bond donors (Lipinski definition) is 1. The van der Waals surface area contributed by atoms with Gasteiger partial charge in [-0.05, 0) is 76.0 Å². The average Bonchev–Trinajstić information content (AvgIpc) is 3.58. The monoisotopic (exact) mass is 528 g/mol. The molecule has 0 aromatic carbocycles. The van der Waals surface area contributed by atoms with Crippen LogP contribution in [0.2, 0.25) is 0 Å². The van der Waals surface area contributed by atoms with Gasteiger partial charge in [0.25, 0.3) is 5.56 Å². The molecular weight excluding hydrogens is 491 g/mol. The summed E-state index contributed by atoms with van der Waals surface area (Å²) in [5, 5.41) is 9.52. The summed E-state index contributed by atoms with van der Waals surface area (Å²) >= 11 is 0. The third kappa shape index (κ3) is 5.23. The number of nitrogens with zero attached hydrogens (tertiary/aromatic N) is 4. The Morgan fingerprint density at radius 2 is 1.79 bits per heavy atom. The molecule has 9 nitrogen and oxygen atoms in total. The van der Waals surface area contributed by atoms with E-state index in [1.54, 1.807) is 4.90 Å². The van der Waals surface area contributed by atoms with Crippen molar-refractivity contribution < 1.29 is 23.8 Å². The number of rotatable bonds is 5. The number of amides is 1. The number of carboxylic acid groups (broad SMARTS) is 1. The van der Waals surface area contributed by atoms with Gasteiger partial charge in [0, 0.05) is 45.8 Å². The van der Waals surface area contributed by atoms with Crippen LogP contribution in [0.3, 0.4) is 0 Å². The van der Waals surface area contributed by atoms with Crippen molar-refractivity contribution in [3.05, 3.63) is 45.1 Å². The van der Waals surface area contributed by atoms with E-state index in [9.17, 15) is 19.5 Å². The summed E-state index contributed by atoms with van der Waals surface area (Å²) in [6.45, 7) is 12.5. The van der Waals surface area contributed by atoms with Gasteiger partial charge in [-0.15, -0.1) is 0 Å². The molecule has 1 N–H and O–H groups in total. The average molecular weight is 529 g/mol. The largest absolute Gasteiger partial charge is 0.477 e. The summed E-state index contributed by atoms with van der Waals surface area (Å²) in [7, 11) is 0. The molecule has 1 atom stereocenters. The maximum atomic E-state index is 15.5. The van der Waals surface area contributed by atoms with E-state index in [0.29, 0.717) is 48.9 Å². The molecule has 2 aliphatic heterocycles. The molecule has 2 aromatic rings. The first-order chi connectivity index (χ1) is 17.9. The lowest BCUT2D eigenvalue weighted by Crippen LogP contribution is -2.51. The molecule has 38 heavy (non-hydrogen) atoms. The first-order valence-electron chi connectivity index (χ1n) is 13.5. The number of fused-ring (bicyclic) bond motifs is 1. The minimum Gasteiger partial charge on any atom is -0.477 e. The molecule has 4 heterocycles. The Labute approximate surface area is 221 Å². The minimum absolute atomic E-state index is 0.200. The van der Waals surface area contributed by atoms with Gasteiger partial charge in [-0.25, -0.2) is 14.0 Å². The van der Waals surface area contributed by atoms with E-state index >= 15 is 4.39 Å². The van der Waals surface area contributed by atoms with E-state index in [1.165, 1.54) is 16.7 Å². The van der Waals surface area contributed by atoms with Crippen LogP contribution in [0.15, 0.2) is 17.1 Å². The fourth-order valence-electron chi connectivity index (χ4n) is 5.88. The van der Waals surface area contributed by atoms with E-state index in [-0.39, 0.29) is 17.6 Å². The lowest BCUT2D eigenvalue weighted by molar-refractivity contribution is 0.0135. The van der Waals surface area contributed by atoms with E-state index in [1.807, 2.05) is 27.7 Å². The number of carbonyl (C=O) groups excluding carboxylic acids is 1. The van der Waals surface area contributed by atoms with Gasteiger partial charge >= 0.3 is 12.1 Å². The quantitative estimate of drug-likeness (QED) is 0.632. The Hall–Kier alpha value is -3.14. The number of aromatic nitrogens is 1. The maximum absolute atomic E-state index is 15.5. The zero-order valence-corrected chi connectivity index (χ0v) is 22.6. The molecule has 5 rings (SSSR count). The van der Waals surface area contributed by atoms with Crippen molar-refractivity contribution >= 4 is 23.3 Å². The van der Waals surface area contributed by atoms with Gasteiger partial charge in [-0.2, -0.15) is 0 Å². The second-order valence-corrected chi connectivity index (χ2v) is 11.9. The zero-order chi connectivity index (χ0) is 27.4. The molecule has 2 saturated heterocycles. The number of halogens is 1. The van der Waals surface area contributed by atoms with Crippen molar-refractivity contribution in [2.24, 2.45) is 5.92 Å². The molecule has 0 spiro atoms. The Kier molecular flexibility index (Phi) is 6.87. The Balaban J connectivity index is 1.30. The van der Waals surface area contributed by atoms with Crippen LogP contribution in [0.25, 0.3) is 5.52 Å².